The van der Waals surface area contributed by atoms with Gasteiger partial charge in [0.15, 0.2) is 0 Å². The van der Waals surface area contributed by atoms with Gasteiger partial charge in [0, 0.05) is 33.9 Å². The lowest BCUT2D eigenvalue weighted by molar-refractivity contribution is 1.25. The SMILES string of the molecule is N#Cc1ccc(-c2cc(-c3ccccc3)c(N(c3ccc(-c4ccccc4)cc3)c3ccc(-c4ccccc4)cc3)cc2N(c2ccc(-c3ccccc3)cc2)c2ccc(-c3ccccc3)cc2)cc1. The highest BCUT2D eigenvalue weighted by molar-refractivity contribution is 5.99. The lowest BCUT2D eigenvalue weighted by Gasteiger charge is -2.33. The predicted octanol–water partition coefficient (Wildman–Crippen LogP) is 18.5. The number of benzene rings is 11. The Labute approximate surface area is 410 Å². The zero-order chi connectivity index (χ0) is 47.1. The van der Waals surface area contributed by atoms with Gasteiger partial charge < -0.3 is 9.80 Å². The summed E-state index contributed by atoms with van der Waals surface area (Å²) in [6.07, 6.45) is 0. The maximum atomic E-state index is 9.96. The minimum atomic E-state index is 0.610. The molecule has 70 heavy (non-hydrogen) atoms. The normalized spacial score (nSPS) is 10.8. The van der Waals surface area contributed by atoms with Crippen LogP contribution in [-0.2, 0) is 0 Å². The van der Waals surface area contributed by atoms with Crippen molar-refractivity contribution in [2.24, 2.45) is 0 Å². The van der Waals surface area contributed by atoms with Crippen LogP contribution < -0.4 is 9.80 Å². The molecule has 11 rings (SSSR count). The third-order valence-corrected chi connectivity index (χ3v) is 12.9. The Morgan fingerprint density at radius 1 is 0.229 bits per heavy atom. The lowest BCUT2D eigenvalue weighted by Crippen LogP contribution is -2.15. The first-order valence-electron chi connectivity index (χ1n) is 23.6. The van der Waals surface area contributed by atoms with Crippen LogP contribution in [0.3, 0.4) is 0 Å². The molecule has 0 heterocycles. The fraction of sp³-hybridized carbons (Fsp3) is 0. The van der Waals surface area contributed by atoms with Gasteiger partial charge in [-0.25, -0.2) is 0 Å². The molecule has 0 radical (unpaired) electrons. The molecule has 0 aromatic heterocycles. The highest BCUT2D eigenvalue weighted by Gasteiger charge is 2.25. The Kier molecular flexibility index (Phi) is 12.2. The first kappa shape index (κ1) is 43.1. The van der Waals surface area contributed by atoms with Crippen molar-refractivity contribution in [3.63, 3.8) is 0 Å². The monoisotopic (exact) mass is 893 g/mol. The molecule has 0 saturated carbocycles. The van der Waals surface area contributed by atoms with Gasteiger partial charge in [-0.15, -0.1) is 0 Å². The highest BCUT2D eigenvalue weighted by atomic mass is 15.2. The summed E-state index contributed by atoms with van der Waals surface area (Å²) in [4.78, 5) is 4.78. The molecular weight excluding hydrogens is 847 g/mol. The summed E-state index contributed by atoms with van der Waals surface area (Å²) < 4.78 is 0. The van der Waals surface area contributed by atoms with E-state index in [1.807, 2.05) is 12.1 Å². The zero-order valence-electron chi connectivity index (χ0n) is 38.5. The number of hydrogen-bond acceptors (Lipinski definition) is 3. The van der Waals surface area contributed by atoms with Crippen molar-refractivity contribution >= 4 is 34.1 Å². The van der Waals surface area contributed by atoms with Gasteiger partial charge in [0.25, 0.3) is 0 Å². The quantitative estimate of drug-likeness (QED) is 0.122. The molecule has 0 N–H and O–H groups in total. The fourth-order valence-corrected chi connectivity index (χ4v) is 9.34. The molecule has 0 spiro atoms. The molecule has 3 heteroatoms. The molecule has 0 aliphatic carbocycles. The summed E-state index contributed by atoms with van der Waals surface area (Å²) >= 11 is 0. The summed E-state index contributed by atoms with van der Waals surface area (Å²) in [5.74, 6) is 0. The third kappa shape index (κ3) is 9.02. The number of nitriles is 1. The van der Waals surface area contributed by atoms with E-state index in [-0.39, 0.29) is 0 Å². The minimum absolute atomic E-state index is 0.610. The summed E-state index contributed by atoms with van der Waals surface area (Å²) in [5.41, 5.74) is 20.0. The van der Waals surface area contributed by atoms with Crippen molar-refractivity contribution in [3.8, 4) is 72.8 Å². The van der Waals surface area contributed by atoms with Crippen LogP contribution in [0.5, 0.6) is 0 Å². The van der Waals surface area contributed by atoms with E-state index in [0.29, 0.717) is 5.56 Å². The van der Waals surface area contributed by atoms with Gasteiger partial charge >= 0.3 is 0 Å². The molecule has 11 aromatic rings. The third-order valence-electron chi connectivity index (χ3n) is 12.9. The van der Waals surface area contributed by atoms with Crippen molar-refractivity contribution in [2.45, 2.75) is 0 Å². The van der Waals surface area contributed by atoms with Crippen molar-refractivity contribution in [1.29, 1.82) is 5.26 Å². The average Bonchev–Trinajstić information content (AvgIpc) is 3.45. The predicted molar refractivity (Wildman–Crippen MR) is 293 cm³/mol. The summed E-state index contributed by atoms with van der Waals surface area (Å²) in [7, 11) is 0. The van der Waals surface area contributed by atoms with E-state index in [1.165, 1.54) is 11.1 Å². The second-order valence-electron chi connectivity index (χ2n) is 17.3. The molecular formula is C67H47N3. The van der Waals surface area contributed by atoms with E-state index in [1.54, 1.807) is 0 Å². The maximum absolute atomic E-state index is 9.96. The Hall–Kier alpha value is -9.49. The van der Waals surface area contributed by atoms with Gasteiger partial charge in [0.2, 0.25) is 0 Å². The largest absolute Gasteiger partial charge is 0.310 e. The molecule has 0 amide bonds. The molecule has 0 fully saturated rings. The molecule has 0 aliphatic rings. The molecule has 0 atom stereocenters. The molecule has 3 nitrogen and oxygen atoms in total. The smallest absolute Gasteiger partial charge is 0.0991 e. The van der Waals surface area contributed by atoms with Crippen LogP contribution >= 0.6 is 0 Å². The van der Waals surface area contributed by atoms with Crippen LogP contribution in [0.15, 0.2) is 285 Å². The molecule has 0 saturated heterocycles. The first-order chi connectivity index (χ1) is 34.7. The second-order valence-corrected chi connectivity index (χ2v) is 17.3. The average molecular weight is 894 g/mol. The number of hydrogen-bond donors (Lipinski definition) is 0. The van der Waals surface area contributed by atoms with Gasteiger partial charge in [0.05, 0.1) is 23.0 Å². The fourth-order valence-electron chi connectivity index (χ4n) is 9.34. The van der Waals surface area contributed by atoms with Crippen LogP contribution in [0.2, 0.25) is 0 Å². The molecule has 0 unspecified atom stereocenters. The number of nitrogens with zero attached hydrogens (tertiary/aromatic N) is 3. The second kappa shape index (κ2) is 19.8. The molecule has 0 bridgehead atoms. The molecule has 330 valence electrons. The van der Waals surface area contributed by atoms with E-state index < -0.39 is 0 Å². The van der Waals surface area contributed by atoms with E-state index >= 15 is 0 Å². The Balaban J connectivity index is 1.18. The first-order valence-corrected chi connectivity index (χ1v) is 23.6. The van der Waals surface area contributed by atoms with Gasteiger partial charge in [-0.05, 0) is 128 Å². The topological polar surface area (TPSA) is 30.3 Å². The van der Waals surface area contributed by atoms with Crippen LogP contribution in [-0.4, -0.2) is 0 Å². The minimum Gasteiger partial charge on any atom is -0.310 e. The summed E-state index contributed by atoms with van der Waals surface area (Å²) in [5, 5.41) is 9.96. The summed E-state index contributed by atoms with van der Waals surface area (Å²) in [6.45, 7) is 0. The van der Waals surface area contributed by atoms with Gasteiger partial charge in [-0.2, -0.15) is 5.26 Å². The highest BCUT2D eigenvalue weighted by Crippen LogP contribution is 2.50. The van der Waals surface area contributed by atoms with Crippen LogP contribution in [0.25, 0.3) is 66.8 Å². The Bertz CT molecular complexity index is 3350. The van der Waals surface area contributed by atoms with Gasteiger partial charge in [-0.1, -0.05) is 212 Å². The van der Waals surface area contributed by atoms with Crippen LogP contribution in [0, 0.1) is 11.3 Å². The van der Waals surface area contributed by atoms with Crippen LogP contribution in [0.4, 0.5) is 34.1 Å². The number of anilines is 6. The van der Waals surface area contributed by atoms with E-state index in [4.69, 9.17) is 0 Å². The lowest BCUT2D eigenvalue weighted by atomic mass is 9.92. The van der Waals surface area contributed by atoms with Crippen LogP contribution in [0.1, 0.15) is 5.56 Å². The van der Waals surface area contributed by atoms with Crippen molar-refractivity contribution in [2.75, 3.05) is 9.80 Å². The maximum Gasteiger partial charge on any atom is 0.0991 e. The number of rotatable bonds is 12. The molecule has 0 aliphatic heterocycles. The zero-order valence-corrected chi connectivity index (χ0v) is 38.5. The van der Waals surface area contributed by atoms with E-state index in [0.717, 1.165) is 89.8 Å². The van der Waals surface area contributed by atoms with Crippen molar-refractivity contribution in [3.05, 3.63) is 291 Å². The standard InChI is InChI=1S/C67H47N3/c68-48-49-26-28-59(29-27-49)65-46-64(58-24-14-5-15-25-58)66(69(60-38-30-54(31-39-60)50-16-6-1-7-17-50)61-40-32-55(33-41-61)51-18-8-2-9-19-51)47-67(65)70(62-42-34-56(35-43-62)52-20-10-3-11-21-52)63-44-36-57(37-45-63)53-22-12-4-13-23-53/h1-47H. The Morgan fingerprint density at radius 2 is 0.457 bits per heavy atom. The van der Waals surface area contributed by atoms with E-state index in [9.17, 15) is 5.26 Å². The molecule has 11 aromatic carbocycles. The van der Waals surface area contributed by atoms with Gasteiger partial charge in [0.1, 0.15) is 0 Å². The van der Waals surface area contributed by atoms with E-state index in [2.05, 4.69) is 289 Å². The Morgan fingerprint density at radius 3 is 0.729 bits per heavy atom. The van der Waals surface area contributed by atoms with Crippen molar-refractivity contribution < 1.29 is 0 Å². The van der Waals surface area contributed by atoms with Gasteiger partial charge in [-0.3, -0.25) is 0 Å². The summed E-state index contributed by atoms with van der Waals surface area (Å²) in [6, 6.07) is 103. The van der Waals surface area contributed by atoms with Crippen molar-refractivity contribution in [1.82, 2.24) is 0 Å².